The van der Waals surface area contributed by atoms with E-state index in [1.165, 1.54) is 12.1 Å². The third-order valence-electron chi connectivity index (χ3n) is 4.76. The average molecular weight is 326 g/mol. The van der Waals surface area contributed by atoms with E-state index in [4.69, 9.17) is 5.73 Å². The van der Waals surface area contributed by atoms with E-state index in [0.29, 0.717) is 6.42 Å². The number of amides is 1. The summed E-state index contributed by atoms with van der Waals surface area (Å²) >= 11 is 0. The van der Waals surface area contributed by atoms with Crippen LogP contribution in [-0.2, 0) is 17.5 Å². The Balaban J connectivity index is 1.80. The summed E-state index contributed by atoms with van der Waals surface area (Å²) in [6, 6.07) is 5.63. The van der Waals surface area contributed by atoms with Crippen molar-refractivity contribution >= 4 is 5.91 Å². The Morgan fingerprint density at radius 1 is 1.17 bits per heavy atom. The molecule has 0 saturated heterocycles. The second-order valence-electron chi connectivity index (χ2n) is 6.62. The maximum atomic E-state index is 13.1. The zero-order chi connectivity index (χ0) is 16.6. The predicted octanol–water partition coefficient (Wildman–Crippen LogP) is 3.32. The largest absolute Gasteiger partial charge is 0.416 e. The molecule has 1 amide bonds. The first-order valence-corrected chi connectivity index (χ1v) is 8.07. The highest BCUT2D eigenvalue weighted by atomic mass is 19.4. The van der Waals surface area contributed by atoms with E-state index in [1.807, 2.05) is 0 Å². The lowest BCUT2D eigenvalue weighted by Gasteiger charge is -2.27. The smallest absolute Gasteiger partial charge is 0.335 e. The van der Waals surface area contributed by atoms with Gasteiger partial charge < -0.3 is 10.6 Å². The van der Waals surface area contributed by atoms with Gasteiger partial charge in [-0.25, -0.2) is 0 Å². The number of hydrogen-bond acceptors (Lipinski definition) is 2. The molecule has 3 rings (SSSR count). The molecule has 2 saturated carbocycles. The summed E-state index contributed by atoms with van der Waals surface area (Å²) in [5, 5.41) is 0. The molecule has 0 unspecified atom stereocenters. The van der Waals surface area contributed by atoms with Gasteiger partial charge in [-0.3, -0.25) is 4.79 Å². The van der Waals surface area contributed by atoms with Crippen LogP contribution in [0.3, 0.4) is 0 Å². The number of halogens is 3. The number of benzene rings is 1. The molecule has 6 heteroatoms. The standard InChI is InChI=1S/C17H21F3N2O/c18-17(19,20)15-4-2-1-3-12(15)10-22(14-7-8-14)16(23)11-5-6-13(21)9-11/h1-4,11,13-14H,5-10,21H2/t11-,13+/m1/s1. The molecule has 2 aliphatic rings. The first-order chi connectivity index (χ1) is 10.9. The Morgan fingerprint density at radius 2 is 1.87 bits per heavy atom. The normalized spacial score (nSPS) is 24.7. The molecule has 2 fully saturated rings. The third kappa shape index (κ3) is 3.68. The molecule has 0 bridgehead atoms. The summed E-state index contributed by atoms with van der Waals surface area (Å²) in [7, 11) is 0. The molecule has 23 heavy (non-hydrogen) atoms. The summed E-state index contributed by atoms with van der Waals surface area (Å²) in [5.41, 5.74) is 5.39. The molecule has 126 valence electrons. The van der Waals surface area contributed by atoms with Gasteiger partial charge >= 0.3 is 6.18 Å². The van der Waals surface area contributed by atoms with Crippen LogP contribution in [0, 0.1) is 5.92 Å². The highest BCUT2D eigenvalue weighted by Gasteiger charge is 2.40. The van der Waals surface area contributed by atoms with E-state index < -0.39 is 11.7 Å². The Hall–Kier alpha value is -1.56. The van der Waals surface area contributed by atoms with Gasteiger partial charge in [0.1, 0.15) is 0 Å². The molecule has 0 radical (unpaired) electrons. The molecular weight excluding hydrogens is 305 g/mol. The number of alkyl halides is 3. The van der Waals surface area contributed by atoms with Crippen molar-refractivity contribution in [3.05, 3.63) is 35.4 Å². The van der Waals surface area contributed by atoms with Crippen molar-refractivity contribution in [2.75, 3.05) is 0 Å². The quantitative estimate of drug-likeness (QED) is 0.922. The molecule has 0 heterocycles. The second-order valence-corrected chi connectivity index (χ2v) is 6.62. The van der Waals surface area contributed by atoms with Gasteiger partial charge in [0.05, 0.1) is 5.56 Å². The number of carbonyl (C=O) groups is 1. The van der Waals surface area contributed by atoms with E-state index in [2.05, 4.69) is 0 Å². The van der Waals surface area contributed by atoms with Crippen molar-refractivity contribution in [2.45, 2.75) is 56.9 Å². The molecular formula is C17H21F3N2O. The van der Waals surface area contributed by atoms with Crippen LogP contribution in [0.25, 0.3) is 0 Å². The average Bonchev–Trinajstić information content (AvgIpc) is 3.24. The van der Waals surface area contributed by atoms with E-state index in [0.717, 1.165) is 31.7 Å². The minimum atomic E-state index is -4.40. The van der Waals surface area contributed by atoms with Crippen LogP contribution in [0.4, 0.5) is 13.2 Å². The fraction of sp³-hybridized carbons (Fsp3) is 0.588. The maximum Gasteiger partial charge on any atom is 0.416 e. The molecule has 0 aromatic heterocycles. The van der Waals surface area contributed by atoms with Gasteiger partial charge in [0.25, 0.3) is 0 Å². The Labute approximate surface area is 133 Å². The summed E-state index contributed by atoms with van der Waals surface area (Å²) in [5.74, 6) is -0.166. The van der Waals surface area contributed by atoms with Gasteiger partial charge in [-0.1, -0.05) is 18.2 Å². The van der Waals surface area contributed by atoms with Crippen LogP contribution >= 0.6 is 0 Å². The van der Waals surface area contributed by atoms with Crippen LogP contribution < -0.4 is 5.73 Å². The number of hydrogen-bond donors (Lipinski definition) is 1. The minimum absolute atomic E-state index is 0.0302. The molecule has 2 atom stereocenters. The van der Waals surface area contributed by atoms with Crippen LogP contribution in [0.5, 0.6) is 0 Å². The monoisotopic (exact) mass is 326 g/mol. The minimum Gasteiger partial charge on any atom is -0.335 e. The van der Waals surface area contributed by atoms with Crippen molar-refractivity contribution in [3.63, 3.8) is 0 Å². The maximum absolute atomic E-state index is 13.1. The fourth-order valence-corrected chi connectivity index (χ4v) is 3.37. The highest BCUT2D eigenvalue weighted by Crippen LogP contribution is 2.37. The van der Waals surface area contributed by atoms with Crippen molar-refractivity contribution in [1.82, 2.24) is 4.90 Å². The van der Waals surface area contributed by atoms with Crippen molar-refractivity contribution < 1.29 is 18.0 Å². The van der Waals surface area contributed by atoms with Gasteiger partial charge in [0.2, 0.25) is 5.91 Å². The lowest BCUT2D eigenvalue weighted by Crippen LogP contribution is -2.37. The topological polar surface area (TPSA) is 46.3 Å². The molecule has 2 aliphatic carbocycles. The van der Waals surface area contributed by atoms with E-state index in [1.54, 1.807) is 11.0 Å². The predicted molar refractivity (Wildman–Crippen MR) is 80.3 cm³/mol. The number of nitrogens with two attached hydrogens (primary N) is 1. The van der Waals surface area contributed by atoms with Crippen molar-refractivity contribution in [2.24, 2.45) is 11.7 Å². The fourth-order valence-electron chi connectivity index (χ4n) is 3.37. The summed E-state index contributed by atoms with van der Waals surface area (Å²) in [6.07, 6.45) is -0.455. The molecule has 0 aliphatic heterocycles. The van der Waals surface area contributed by atoms with Crippen molar-refractivity contribution in [1.29, 1.82) is 0 Å². The molecule has 1 aromatic rings. The van der Waals surface area contributed by atoms with E-state index >= 15 is 0 Å². The lowest BCUT2D eigenvalue weighted by atomic mass is 10.0. The molecule has 3 nitrogen and oxygen atoms in total. The number of nitrogens with zero attached hydrogens (tertiary/aromatic N) is 1. The Morgan fingerprint density at radius 3 is 2.43 bits per heavy atom. The van der Waals surface area contributed by atoms with Crippen LogP contribution in [0.15, 0.2) is 24.3 Å². The van der Waals surface area contributed by atoms with Gasteiger partial charge in [-0.05, 0) is 43.7 Å². The van der Waals surface area contributed by atoms with Crippen LogP contribution in [0.1, 0.15) is 43.2 Å². The van der Waals surface area contributed by atoms with Gasteiger partial charge in [-0.2, -0.15) is 13.2 Å². The highest BCUT2D eigenvalue weighted by molar-refractivity contribution is 5.80. The lowest BCUT2D eigenvalue weighted by molar-refractivity contribution is -0.141. The third-order valence-corrected chi connectivity index (χ3v) is 4.76. The summed E-state index contributed by atoms with van der Waals surface area (Å²) < 4.78 is 39.4. The summed E-state index contributed by atoms with van der Waals surface area (Å²) in [6.45, 7) is 0.0327. The Kier molecular flexibility index (Phi) is 4.36. The van der Waals surface area contributed by atoms with E-state index in [9.17, 15) is 18.0 Å². The zero-order valence-electron chi connectivity index (χ0n) is 12.9. The first-order valence-electron chi connectivity index (χ1n) is 8.07. The van der Waals surface area contributed by atoms with Gasteiger partial charge in [-0.15, -0.1) is 0 Å². The van der Waals surface area contributed by atoms with Gasteiger partial charge in [0, 0.05) is 24.5 Å². The van der Waals surface area contributed by atoms with Crippen LogP contribution in [-0.4, -0.2) is 22.9 Å². The number of rotatable bonds is 4. The Bertz CT molecular complexity index is 583. The molecule has 2 N–H and O–H groups in total. The number of carbonyl (C=O) groups excluding carboxylic acids is 1. The second kappa shape index (κ2) is 6.15. The first kappa shape index (κ1) is 16.3. The van der Waals surface area contributed by atoms with Gasteiger partial charge in [0.15, 0.2) is 0 Å². The molecule has 1 aromatic carbocycles. The van der Waals surface area contributed by atoms with Crippen LogP contribution in [0.2, 0.25) is 0 Å². The molecule has 0 spiro atoms. The SMILES string of the molecule is N[C@H]1CC[C@@H](C(=O)N(Cc2ccccc2C(F)(F)F)C2CC2)C1. The van der Waals surface area contributed by atoms with E-state index in [-0.39, 0.29) is 36.0 Å². The van der Waals surface area contributed by atoms with Crippen molar-refractivity contribution in [3.8, 4) is 0 Å². The summed E-state index contributed by atoms with van der Waals surface area (Å²) in [4.78, 5) is 14.4. The zero-order valence-corrected chi connectivity index (χ0v) is 12.9.